The summed E-state index contributed by atoms with van der Waals surface area (Å²) in [4.78, 5) is 39.9. The number of amides is 2. The summed E-state index contributed by atoms with van der Waals surface area (Å²) in [6, 6.07) is 7.05. The molecule has 3 unspecified atom stereocenters. The Morgan fingerprint density at radius 3 is 2.30 bits per heavy atom. The highest BCUT2D eigenvalue weighted by atomic mass is 35.5. The maximum absolute atomic E-state index is 13.8. The van der Waals surface area contributed by atoms with E-state index in [1.165, 1.54) is 52.3 Å². The lowest BCUT2D eigenvalue weighted by atomic mass is 9.96. The fourth-order valence-electron chi connectivity index (χ4n) is 4.68. The second-order valence-electron chi connectivity index (χ2n) is 9.21. The number of nitrogens with zero attached hydrogens (tertiary/aromatic N) is 4. The number of fused-ring (bicyclic) bond motifs is 1. The summed E-state index contributed by atoms with van der Waals surface area (Å²) in [6.45, 7) is 3.23. The number of hydrogen-bond acceptors (Lipinski definition) is 7. The molecule has 11 nitrogen and oxygen atoms in total. The largest absolute Gasteiger partial charge is 0.335 e. The molecular weight excluding hydrogens is 545 g/mol. The lowest BCUT2D eigenvalue weighted by molar-refractivity contribution is -0.384. The fraction of sp³-hybridized carbons (Fsp3) is 0.391. The first kappa shape index (κ1) is 27.3. The van der Waals surface area contributed by atoms with Crippen LogP contribution in [0.4, 0.5) is 5.69 Å². The number of nitrogens with two attached hydrogens (primary N) is 1. The van der Waals surface area contributed by atoms with Crippen molar-refractivity contribution in [3.8, 4) is 0 Å². The molecular formula is C23H25Cl2N5O6S. The number of rotatable bonds is 6. The zero-order valence-electron chi connectivity index (χ0n) is 20.0. The van der Waals surface area contributed by atoms with Crippen molar-refractivity contribution < 1.29 is 22.9 Å². The molecule has 2 aromatic carbocycles. The molecule has 37 heavy (non-hydrogen) atoms. The van der Waals surface area contributed by atoms with Gasteiger partial charge in [0.15, 0.2) is 0 Å². The van der Waals surface area contributed by atoms with Gasteiger partial charge in [-0.05, 0) is 37.6 Å². The number of hydrogen-bond donors (Lipinski definition) is 1. The molecule has 0 radical (unpaired) electrons. The molecule has 2 aliphatic rings. The Morgan fingerprint density at radius 2 is 1.73 bits per heavy atom. The number of benzene rings is 2. The maximum Gasteiger partial charge on any atom is 0.269 e. The quantitative estimate of drug-likeness (QED) is 0.414. The van der Waals surface area contributed by atoms with E-state index in [0.29, 0.717) is 5.56 Å². The van der Waals surface area contributed by atoms with Crippen LogP contribution in [0, 0.1) is 10.1 Å². The summed E-state index contributed by atoms with van der Waals surface area (Å²) < 4.78 is 28.7. The van der Waals surface area contributed by atoms with E-state index in [1.807, 2.05) is 0 Å². The topological polar surface area (TPSA) is 147 Å². The first-order valence-electron chi connectivity index (χ1n) is 11.4. The van der Waals surface area contributed by atoms with Crippen LogP contribution in [0.5, 0.6) is 0 Å². The Morgan fingerprint density at radius 1 is 1.08 bits per heavy atom. The number of sulfonamides is 1. The molecule has 4 rings (SSSR count). The first-order chi connectivity index (χ1) is 17.3. The van der Waals surface area contributed by atoms with Gasteiger partial charge in [-0.1, -0.05) is 35.3 Å². The number of non-ortho nitro benzene ring substituents is 1. The van der Waals surface area contributed by atoms with Crippen LogP contribution in [-0.4, -0.2) is 76.6 Å². The summed E-state index contributed by atoms with van der Waals surface area (Å²) in [5, 5.41) is 11.2. The Balaban J connectivity index is 1.78. The SMILES string of the molecule is CC(C)N1CC2N(C(=O)C(N)CN2S(=O)(=O)c2ccc(Cl)cc2Cl)C(Cc2ccc([N+](=O)[O-])cc2)C1=O. The molecule has 2 N–H and O–H groups in total. The summed E-state index contributed by atoms with van der Waals surface area (Å²) >= 11 is 12.2. The van der Waals surface area contributed by atoms with Crippen LogP contribution in [0.1, 0.15) is 19.4 Å². The molecule has 2 heterocycles. The van der Waals surface area contributed by atoms with Crippen LogP contribution in [0.3, 0.4) is 0 Å². The van der Waals surface area contributed by atoms with Crippen molar-refractivity contribution in [2.45, 2.75) is 49.5 Å². The van der Waals surface area contributed by atoms with E-state index in [-0.39, 0.29) is 52.1 Å². The van der Waals surface area contributed by atoms with Crippen molar-refractivity contribution >= 4 is 50.7 Å². The average molecular weight is 570 g/mol. The summed E-state index contributed by atoms with van der Waals surface area (Å²) in [5.74, 6) is -0.920. The van der Waals surface area contributed by atoms with Gasteiger partial charge in [0.25, 0.3) is 5.69 Å². The predicted octanol–water partition coefficient (Wildman–Crippen LogP) is 2.25. The second kappa shape index (κ2) is 10.2. The van der Waals surface area contributed by atoms with Gasteiger partial charge in [-0.15, -0.1) is 0 Å². The average Bonchev–Trinajstić information content (AvgIpc) is 2.82. The van der Waals surface area contributed by atoms with E-state index in [0.717, 1.165) is 4.31 Å². The van der Waals surface area contributed by atoms with E-state index in [2.05, 4.69) is 0 Å². The van der Waals surface area contributed by atoms with E-state index in [1.54, 1.807) is 13.8 Å². The number of carbonyl (C=O) groups is 2. The highest BCUT2D eigenvalue weighted by molar-refractivity contribution is 7.89. The van der Waals surface area contributed by atoms with E-state index >= 15 is 0 Å². The molecule has 2 aliphatic heterocycles. The minimum absolute atomic E-state index is 0.0184. The third-order valence-corrected chi connectivity index (χ3v) is 9.13. The highest BCUT2D eigenvalue weighted by Gasteiger charge is 2.53. The fourth-order valence-corrected chi connectivity index (χ4v) is 7.03. The first-order valence-corrected chi connectivity index (χ1v) is 13.6. The van der Waals surface area contributed by atoms with Gasteiger partial charge in [0.2, 0.25) is 21.8 Å². The molecule has 0 aromatic heterocycles. The third kappa shape index (κ3) is 5.04. The number of nitro groups is 1. The second-order valence-corrected chi connectivity index (χ2v) is 11.9. The van der Waals surface area contributed by atoms with Crippen molar-refractivity contribution in [2.75, 3.05) is 13.1 Å². The van der Waals surface area contributed by atoms with Crippen molar-refractivity contribution in [3.05, 3.63) is 68.2 Å². The van der Waals surface area contributed by atoms with E-state index in [4.69, 9.17) is 28.9 Å². The standard InChI is InChI=1S/C23H25Cl2N5O6S/c1-13(2)27-12-21-28(37(35,36)20-8-5-15(24)10-17(20)25)11-18(26)22(31)29(21)19(23(27)32)9-14-3-6-16(7-4-14)30(33)34/h3-8,10,13,18-19,21H,9,11-12,26H2,1-2H3. The van der Waals surface area contributed by atoms with Gasteiger partial charge < -0.3 is 15.5 Å². The van der Waals surface area contributed by atoms with Crippen LogP contribution in [-0.2, 0) is 26.0 Å². The molecule has 198 valence electrons. The van der Waals surface area contributed by atoms with Crippen molar-refractivity contribution in [2.24, 2.45) is 5.73 Å². The van der Waals surface area contributed by atoms with E-state index < -0.39 is 39.1 Å². The zero-order valence-corrected chi connectivity index (χ0v) is 22.3. The van der Waals surface area contributed by atoms with Crippen LogP contribution in [0.25, 0.3) is 0 Å². The summed E-state index contributed by atoms with van der Waals surface area (Å²) in [5.41, 5.74) is 6.56. The van der Waals surface area contributed by atoms with Gasteiger partial charge in [0.05, 0.1) is 22.5 Å². The maximum atomic E-state index is 13.8. The molecule has 0 saturated carbocycles. The Bertz CT molecular complexity index is 1350. The molecule has 0 bridgehead atoms. The zero-order chi connectivity index (χ0) is 27.2. The Labute approximate surface area is 223 Å². The van der Waals surface area contributed by atoms with E-state index in [9.17, 15) is 28.1 Å². The van der Waals surface area contributed by atoms with Gasteiger partial charge in [0.1, 0.15) is 17.1 Å². The monoisotopic (exact) mass is 569 g/mol. The Hall–Kier alpha value is -2.77. The smallest absolute Gasteiger partial charge is 0.269 e. The van der Waals surface area contributed by atoms with Crippen LogP contribution in [0.15, 0.2) is 47.4 Å². The number of piperazine rings is 1. The normalized spacial score (nSPS) is 22.9. The van der Waals surface area contributed by atoms with Gasteiger partial charge >= 0.3 is 0 Å². The van der Waals surface area contributed by atoms with Crippen LogP contribution >= 0.6 is 23.2 Å². The van der Waals surface area contributed by atoms with Crippen molar-refractivity contribution in [1.29, 1.82) is 0 Å². The van der Waals surface area contributed by atoms with Crippen LogP contribution in [0.2, 0.25) is 10.0 Å². The summed E-state index contributed by atoms with van der Waals surface area (Å²) in [6.07, 6.45) is -1.02. The minimum Gasteiger partial charge on any atom is -0.335 e. The van der Waals surface area contributed by atoms with Gasteiger partial charge in [0, 0.05) is 36.2 Å². The van der Waals surface area contributed by atoms with Crippen LogP contribution < -0.4 is 5.73 Å². The lowest BCUT2D eigenvalue weighted by Gasteiger charge is -2.53. The molecule has 2 aromatic rings. The Kier molecular flexibility index (Phi) is 7.50. The molecule has 2 saturated heterocycles. The number of carbonyl (C=O) groups excluding carboxylic acids is 2. The predicted molar refractivity (Wildman–Crippen MR) is 136 cm³/mol. The van der Waals surface area contributed by atoms with Gasteiger partial charge in [-0.25, -0.2) is 8.42 Å². The summed E-state index contributed by atoms with van der Waals surface area (Å²) in [7, 11) is -4.26. The van der Waals surface area contributed by atoms with Crippen molar-refractivity contribution in [1.82, 2.24) is 14.1 Å². The number of halogens is 2. The van der Waals surface area contributed by atoms with Crippen molar-refractivity contribution in [3.63, 3.8) is 0 Å². The number of nitro benzene ring substituents is 1. The molecule has 2 amide bonds. The van der Waals surface area contributed by atoms with Gasteiger partial charge in [-0.2, -0.15) is 4.31 Å². The third-order valence-electron chi connectivity index (χ3n) is 6.55. The highest BCUT2D eigenvalue weighted by Crippen LogP contribution is 2.34. The molecule has 3 atom stereocenters. The lowest BCUT2D eigenvalue weighted by Crippen LogP contribution is -2.75. The molecule has 0 aliphatic carbocycles. The molecule has 14 heteroatoms. The molecule has 2 fully saturated rings. The minimum atomic E-state index is -4.26. The van der Waals surface area contributed by atoms with Gasteiger partial charge in [-0.3, -0.25) is 19.7 Å². The molecule has 0 spiro atoms.